The molecule has 0 saturated heterocycles. The molecule has 0 aliphatic heterocycles. The molecule has 0 fully saturated rings. The maximum Gasteiger partial charge on any atom is 0.416 e. The van der Waals surface area contributed by atoms with Crippen molar-refractivity contribution in [1.82, 2.24) is 4.98 Å². The van der Waals surface area contributed by atoms with Gasteiger partial charge in [0, 0.05) is 11.6 Å². The highest BCUT2D eigenvalue weighted by atomic mass is 19.4. The molecule has 0 spiro atoms. The van der Waals surface area contributed by atoms with Crippen molar-refractivity contribution in [2.24, 2.45) is 0 Å². The van der Waals surface area contributed by atoms with Crippen molar-refractivity contribution in [1.29, 1.82) is 5.26 Å². The first-order valence-corrected chi connectivity index (χ1v) is 4.38. The molecule has 1 aromatic carbocycles. The lowest BCUT2D eigenvalue weighted by atomic mass is 10.1. The normalized spacial score (nSPS) is 11.4. The number of fused-ring (bicyclic) bond motifs is 1. The fourth-order valence-electron chi connectivity index (χ4n) is 1.36. The Morgan fingerprint density at radius 2 is 1.94 bits per heavy atom. The first kappa shape index (κ1) is 10.4. The Morgan fingerprint density at radius 1 is 1.19 bits per heavy atom. The number of nitrogens with zero attached hydrogens (tertiary/aromatic N) is 2. The molecule has 0 saturated carbocycles. The number of halogens is 3. The van der Waals surface area contributed by atoms with Gasteiger partial charge in [-0.1, -0.05) is 6.07 Å². The molecule has 0 amide bonds. The SMILES string of the molecule is N#Cc1cnc2cc(C(F)(F)F)ccc2c1. The van der Waals surface area contributed by atoms with Crippen LogP contribution in [0.1, 0.15) is 11.1 Å². The van der Waals surface area contributed by atoms with Crippen LogP contribution < -0.4 is 0 Å². The first-order valence-electron chi connectivity index (χ1n) is 4.38. The highest BCUT2D eigenvalue weighted by Crippen LogP contribution is 2.30. The smallest absolute Gasteiger partial charge is 0.255 e. The van der Waals surface area contributed by atoms with Gasteiger partial charge in [0.05, 0.1) is 16.6 Å². The topological polar surface area (TPSA) is 36.7 Å². The predicted molar refractivity (Wildman–Crippen MR) is 51.5 cm³/mol. The summed E-state index contributed by atoms with van der Waals surface area (Å²) in [6.07, 6.45) is -3.12. The minimum absolute atomic E-state index is 0.230. The van der Waals surface area contributed by atoms with Gasteiger partial charge in [-0.25, -0.2) is 0 Å². The summed E-state index contributed by atoms with van der Waals surface area (Å²) in [6, 6.07) is 6.64. The number of alkyl halides is 3. The fraction of sp³-hybridized carbons (Fsp3) is 0.0909. The number of benzene rings is 1. The largest absolute Gasteiger partial charge is 0.416 e. The molecular weight excluding hydrogens is 217 g/mol. The number of rotatable bonds is 0. The van der Waals surface area contributed by atoms with Crippen molar-refractivity contribution >= 4 is 10.9 Å². The van der Waals surface area contributed by atoms with Gasteiger partial charge in [0.1, 0.15) is 6.07 Å². The number of aromatic nitrogens is 1. The lowest BCUT2D eigenvalue weighted by Crippen LogP contribution is -2.04. The standard InChI is InChI=1S/C11H5F3N2/c12-11(13,14)9-2-1-8-3-7(5-15)6-16-10(8)4-9/h1-4,6H. The zero-order valence-electron chi connectivity index (χ0n) is 7.92. The molecule has 16 heavy (non-hydrogen) atoms. The van der Waals surface area contributed by atoms with E-state index in [4.69, 9.17) is 5.26 Å². The second-order valence-corrected chi connectivity index (χ2v) is 3.24. The third-order valence-electron chi connectivity index (χ3n) is 2.14. The van der Waals surface area contributed by atoms with Crippen LogP contribution >= 0.6 is 0 Å². The van der Waals surface area contributed by atoms with Gasteiger partial charge in [0.25, 0.3) is 0 Å². The van der Waals surface area contributed by atoms with E-state index in [1.54, 1.807) is 0 Å². The third kappa shape index (κ3) is 1.82. The lowest BCUT2D eigenvalue weighted by molar-refractivity contribution is -0.137. The predicted octanol–water partition coefficient (Wildman–Crippen LogP) is 3.13. The van der Waals surface area contributed by atoms with Gasteiger partial charge >= 0.3 is 6.18 Å². The molecule has 0 radical (unpaired) electrons. The molecule has 80 valence electrons. The fourth-order valence-corrected chi connectivity index (χ4v) is 1.36. The van der Waals surface area contributed by atoms with Crippen molar-refractivity contribution in [3.63, 3.8) is 0 Å². The van der Waals surface area contributed by atoms with Crippen molar-refractivity contribution in [2.45, 2.75) is 6.18 Å². The van der Waals surface area contributed by atoms with Crippen molar-refractivity contribution in [2.75, 3.05) is 0 Å². The molecule has 0 bridgehead atoms. The number of hydrogen-bond donors (Lipinski definition) is 0. The molecule has 0 unspecified atom stereocenters. The lowest BCUT2D eigenvalue weighted by Gasteiger charge is -2.07. The Bertz CT molecular complexity index is 582. The van der Waals surface area contributed by atoms with E-state index in [2.05, 4.69) is 4.98 Å². The van der Waals surface area contributed by atoms with Gasteiger partial charge in [0.15, 0.2) is 0 Å². The van der Waals surface area contributed by atoms with Gasteiger partial charge < -0.3 is 0 Å². The maximum atomic E-state index is 12.4. The van der Waals surface area contributed by atoms with Crippen LogP contribution in [0, 0.1) is 11.3 Å². The maximum absolute atomic E-state index is 12.4. The molecule has 2 rings (SSSR count). The zero-order valence-corrected chi connectivity index (χ0v) is 7.92. The summed E-state index contributed by atoms with van der Waals surface area (Å²) in [5, 5.41) is 9.13. The Balaban J connectivity index is 2.62. The van der Waals surface area contributed by atoms with Crippen molar-refractivity contribution in [3.8, 4) is 6.07 Å². The summed E-state index contributed by atoms with van der Waals surface area (Å²) in [4.78, 5) is 3.80. The molecule has 0 aliphatic carbocycles. The quantitative estimate of drug-likeness (QED) is 0.686. The number of pyridine rings is 1. The molecular formula is C11H5F3N2. The average molecular weight is 222 g/mol. The summed E-state index contributed by atoms with van der Waals surface area (Å²) < 4.78 is 37.1. The molecule has 2 nitrogen and oxygen atoms in total. The number of nitriles is 1. The zero-order chi connectivity index (χ0) is 11.8. The van der Waals surface area contributed by atoms with Crippen LogP contribution in [0.15, 0.2) is 30.5 Å². The highest BCUT2D eigenvalue weighted by molar-refractivity contribution is 5.80. The molecule has 1 heterocycles. The average Bonchev–Trinajstić information content (AvgIpc) is 2.26. The van der Waals surface area contributed by atoms with E-state index in [-0.39, 0.29) is 5.52 Å². The minimum Gasteiger partial charge on any atom is -0.255 e. The Hall–Kier alpha value is -2.09. The summed E-state index contributed by atoms with van der Waals surface area (Å²) in [5.41, 5.74) is -0.182. The first-order chi connectivity index (χ1) is 7.50. The van der Waals surface area contributed by atoms with E-state index in [9.17, 15) is 13.2 Å². The van der Waals surface area contributed by atoms with Crippen LogP contribution in [0.2, 0.25) is 0 Å². The minimum atomic E-state index is -4.37. The van der Waals surface area contributed by atoms with E-state index in [1.165, 1.54) is 18.3 Å². The van der Waals surface area contributed by atoms with Crippen LogP contribution in [0.5, 0.6) is 0 Å². The summed E-state index contributed by atoms with van der Waals surface area (Å²) >= 11 is 0. The second kappa shape index (κ2) is 3.49. The van der Waals surface area contributed by atoms with Gasteiger partial charge in [-0.05, 0) is 18.2 Å². The van der Waals surface area contributed by atoms with E-state index < -0.39 is 11.7 Å². The van der Waals surface area contributed by atoms with Gasteiger partial charge in [0.2, 0.25) is 0 Å². The third-order valence-corrected chi connectivity index (χ3v) is 2.14. The Kier molecular flexibility index (Phi) is 2.27. The molecule has 2 aromatic rings. The molecule has 5 heteroatoms. The van der Waals surface area contributed by atoms with E-state index in [0.717, 1.165) is 12.1 Å². The summed E-state index contributed by atoms with van der Waals surface area (Å²) in [7, 11) is 0. The van der Waals surface area contributed by atoms with Gasteiger partial charge in [-0.15, -0.1) is 0 Å². The molecule has 0 N–H and O–H groups in total. The van der Waals surface area contributed by atoms with Crippen molar-refractivity contribution < 1.29 is 13.2 Å². The Morgan fingerprint density at radius 3 is 2.56 bits per heavy atom. The van der Waals surface area contributed by atoms with E-state index in [1.807, 2.05) is 6.07 Å². The van der Waals surface area contributed by atoms with Crippen LogP contribution in [0.25, 0.3) is 10.9 Å². The van der Waals surface area contributed by atoms with Gasteiger partial charge in [-0.2, -0.15) is 18.4 Å². The molecule has 0 aliphatic rings. The van der Waals surface area contributed by atoms with E-state index in [0.29, 0.717) is 10.9 Å². The van der Waals surface area contributed by atoms with Crippen LogP contribution in [0.3, 0.4) is 0 Å². The monoisotopic (exact) mass is 222 g/mol. The van der Waals surface area contributed by atoms with E-state index >= 15 is 0 Å². The second-order valence-electron chi connectivity index (χ2n) is 3.24. The number of hydrogen-bond acceptors (Lipinski definition) is 2. The highest BCUT2D eigenvalue weighted by Gasteiger charge is 2.30. The van der Waals surface area contributed by atoms with Crippen molar-refractivity contribution in [3.05, 3.63) is 41.6 Å². The summed E-state index contributed by atoms with van der Waals surface area (Å²) in [5.74, 6) is 0. The van der Waals surface area contributed by atoms with Crippen LogP contribution in [0.4, 0.5) is 13.2 Å². The van der Waals surface area contributed by atoms with Crippen LogP contribution in [-0.4, -0.2) is 4.98 Å². The molecule has 1 aromatic heterocycles. The van der Waals surface area contributed by atoms with Crippen LogP contribution in [-0.2, 0) is 6.18 Å². The van der Waals surface area contributed by atoms with Gasteiger partial charge in [-0.3, -0.25) is 4.98 Å². The summed E-state index contributed by atoms with van der Waals surface area (Å²) in [6.45, 7) is 0. The Labute approximate surface area is 89.0 Å². The molecule has 0 atom stereocenters.